The number of ether oxygens (including phenoxy) is 1. The van der Waals surface area contributed by atoms with Crippen molar-refractivity contribution in [1.82, 2.24) is 0 Å². The molecule has 4 nitrogen and oxygen atoms in total. The Hall–Kier alpha value is -1.47. The number of aliphatic hydroxyl groups excluding tert-OH is 2. The Morgan fingerprint density at radius 3 is 2.59 bits per heavy atom. The van der Waals surface area contributed by atoms with Crippen molar-refractivity contribution in [3.05, 3.63) is 52.8 Å². The molecule has 146 valence electrons. The quantitative estimate of drug-likeness (QED) is 0.585. The van der Waals surface area contributed by atoms with Gasteiger partial charge in [0.1, 0.15) is 11.6 Å². The lowest BCUT2D eigenvalue weighted by Gasteiger charge is -2.25. The van der Waals surface area contributed by atoms with Gasteiger partial charge in [0.05, 0.1) is 23.1 Å². The summed E-state index contributed by atoms with van der Waals surface area (Å²) in [5.41, 5.74) is 1.20. The van der Waals surface area contributed by atoms with E-state index >= 15 is 0 Å². The van der Waals surface area contributed by atoms with Crippen molar-refractivity contribution in [2.45, 2.75) is 48.2 Å². The fourth-order valence-corrected chi connectivity index (χ4v) is 4.64. The third kappa shape index (κ3) is 5.29. The van der Waals surface area contributed by atoms with Crippen molar-refractivity contribution in [1.29, 1.82) is 0 Å². The van der Waals surface area contributed by atoms with Gasteiger partial charge in [-0.3, -0.25) is 0 Å². The third-order valence-electron chi connectivity index (χ3n) is 4.66. The Morgan fingerprint density at radius 1 is 1.19 bits per heavy atom. The van der Waals surface area contributed by atoms with Gasteiger partial charge in [0.2, 0.25) is 0 Å². The van der Waals surface area contributed by atoms with Gasteiger partial charge in [0.15, 0.2) is 6.23 Å². The molecule has 2 aromatic carbocycles. The van der Waals surface area contributed by atoms with Crippen LogP contribution < -0.4 is 10.1 Å². The van der Waals surface area contributed by atoms with Crippen LogP contribution in [0.4, 0.5) is 10.1 Å². The SMILES string of the molecule is COc1ccc(C(O)Nc2ccc(F)c(Cl)c2)cc1SC1CCC(O)CC1. The number of benzene rings is 2. The van der Waals surface area contributed by atoms with Crippen LogP contribution in [0.25, 0.3) is 0 Å². The van der Waals surface area contributed by atoms with Crippen LogP contribution in [0.1, 0.15) is 37.5 Å². The summed E-state index contributed by atoms with van der Waals surface area (Å²) in [4.78, 5) is 0.953. The van der Waals surface area contributed by atoms with E-state index in [4.69, 9.17) is 16.3 Å². The van der Waals surface area contributed by atoms with E-state index in [0.717, 1.165) is 36.3 Å². The van der Waals surface area contributed by atoms with Crippen LogP contribution in [0.5, 0.6) is 5.75 Å². The maximum absolute atomic E-state index is 13.3. The first-order valence-electron chi connectivity index (χ1n) is 8.88. The first-order valence-corrected chi connectivity index (χ1v) is 10.1. The van der Waals surface area contributed by atoms with Gasteiger partial charge in [-0.05, 0) is 56.0 Å². The molecule has 0 heterocycles. The predicted molar refractivity (Wildman–Crippen MR) is 107 cm³/mol. The molecule has 2 aromatic rings. The number of thioether (sulfide) groups is 1. The van der Waals surface area contributed by atoms with Crippen molar-refractivity contribution in [2.24, 2.45) is 0 Å². The van der Waals surface area contributed by atoms with E-state index in [-0.39, 0.29) is 11.1 Å². The first kappa shape index (κ1) is 20.3. The monoisotopic (exact) mass is 411 g/mol. The zero-order valence-electron chi connectivity index (χ0n) is 15.0. The molecule has 1 unspecified atom stereocenters. The second kappa shape index (κ2) is 9.15. The summed E-state index contributed by atoms with van der Waals surface area (Å²) < 4.78 is 18.7. The van der Waals surface area contributed by atoms with E-state index in [2.05, 4.69) is 5.32 Å². The van der Waals surface area contributed by atoms with Gasteiger partial charge in [-0.2, -0.15) is 0 Å². The lowest BCUT2D eigenvalue weighted by Crippen LogP contribution is -2.19. The predicted octanol–water partition coefficient (Wildman–Crippen LogP) is 4.99. The Kier molecular flexibility index (Phi) is 6.87. The standard InChI is InChI=1S/C20H23ClFNO3S/c1-26-18-9-2-12(10-19(18)27-15-6-4-14(24)5-7-15)20(25)23-13-3-8-17(22)16(21)11-13/h2-3,8-11,14-15,20,23-25H,4-7H2,1H3. The summed E-state index contributed by atoms with van der Waals surface area (Å²) in [6, 6.07) is 9.74. The number of halogens is 2. The fourth-order valence-electron chi connectivity index (χ4n) is 3.13. The summed E-state index contributed by atoms with van der Waals surface area (Å²) >= 11 is 7.51. The minimum absolute atomic E-state index is 0.00217. The number of methoxy groups -OCH3 is 1. The summed E-state index contributed by atoms with van der Waals surface area (Å²) in [7, 11) is 1.62. The number of anilines is 1. The molecule has 0 spiro atoms. The highest BCUT2D eigenvalue weighted by molar-refractivity contribution is 8.00. The molecular formula is C20H23ClFNO3S. The molecule has 7 heteroatoms. The van der Waals surface area contributed by atoms with Crippen LogP contribution in [0.3, 0.4) is 0 Å². The molecule has 1 saturated carbocycles. The Labute approximate surface area is 167 Å². The van der Waals surface area contributed by atoms with Crippen LogP contribution in [0.15, 0.2) is 41.3 Å². The Morgan fingerprint density at radius 2 is 1.93 bits per heavy atom. The Balaban J connectivity index is 1.74. The van der Waals surface area contributed by atoms with Crippen molar-refractivity contribution in [2.75, 3.05) is 12.4 Å². The zero-order valence-corrected chi connectivity index (χ0v) is 16.6. The van der Waals surface area contributed by atoms with Crippen LogP contribution in [-0.4, -0.2) is 28.7 Å². The van der Waals surface area contributed by atoms with Crippen LogP contribution in [0, 0.1) is 5.82 Å². The molecule has 0 radical (unpaired) electrons. The molecule has 0 aliphatic heterocycles. The van der Waals surface area contributed by atoms with E-state index in [0.29, 0.717) is 16.5 Å². The van der Waals surface area contributed by atoms with Gasteiger partial charge in [-0.1, -0.05) is 17.7 Å². The molecule has 0 aromatic heterocycles. The van der Waals surface area contributed by atoms with E-state index in [1.165, 1.54) is 18.2 Å². The van der Waals surface area contributed by atoms with Crippen molar-refractivity contribution in [3.8, 4) is 5.75 Å². The molecule has 1 fully saturated rings. The summed E-state index contributed by atoms with van der Waals surface area (Å²) in [6.45, 7) is 0. The van der Waals surface area contributed by atoms with Gasteiger partial charge in [-0.25, -0.2) is 4.39 Å². The van der Waals surface area contributed by atoms with Gasteiger partial charge < -0.3 is 20.3 Å². The summed E-state index contributed by atoms with van der Waals surface area (Å²) in [5, 5.41) is 23.5. The summed E-state index contributed by atoms with van der Waals surface area (Å²) in [5.74, 6) is 0.254. The minimum atomic E-state index is -0.968. The normalized spacial score (nSPS) is 20.9. The molecular weight excluding hydrogens is 389 g/mol. The zero-order chi connectivity index (χ0) is 19.4. The van der Waals surface area contributed by atoms with E-state index in [1.54, 1.807) is 24.9 Å². The molecule has 1 aliphatic carbocycles. The van der Waals surface area contributed by atoms with Crippen LogP contribution >= 0.6 is 23.4 Å². The highest BCUT2D eigenvalue weighted by Crippen LogP contribution is 2.39. The lowest BCUT2D eigenvalue weighted by atomic mass is 9.97. The number of hydrogen-bond donors (Lipinski definition) is 3. The average Bonchev–Trinajstić information content (AvgIpc) is 2.66. The third-order valence-corrected chi connectivity index (χ3v) is 6.33. The molecule has 0 saturated heterocycles. The highest BCUT2D eigenvalue weighted by Gasteiger charge is 2.22. The van der Waals surface area contributed by atoms with Gasteiger partial charge in [0.25, 0.3) is 0 Å². The van der Waals surface area contributed by atoms with E-state index in [9.17, 15) is 14.6 Å². The molecule has 1 atom stereocenters. The van der Waals surface area contributed by atoms with Crippen LogP contribution in [-0.2, 0) is 0 Å². The molecule has 0 bridgehead atoms. The van der Waals surface area contributed by atoms with E-state index in [1.807, 2.05) is 12.1 Å². The first-order chi connectivity index (χ1) is 13.0. The minimum Gasteiger partial charge on any atom is -0.496 e. The van der Waals surface area contributed by atoms with Crippen molar-refractivity contribution in [3.63, 3.8) is 0 Å². The number of rotatable bonds is 6. The molecule has 1 aliphatic rings. The molecule has 3 rings (SSSR count). The highest BCUT2D eigenvalue weighted by atomic mass is 35.5. The maximum Gasteiger partial charge on any atom is 0.150 e. The largest absolute Gasteiger partial charge is 0.496 e. The van der Waals surface area contributed by atoms with E-state index < -0.39 is 12.0 Å². The molecule has 27 heavy (non-hydrogen) atoms. The topological polar surface area (TPSA) is 61.7 Å². The van der Waals surface area contributed by atoms with Gasteiger partial charge >= 0.3 is 0 Å². The van der Waals surface area contributed by atoms with Crippen molar-refractivity contribution >= 4 is 29.1 Å². The Bertz CT molecular complexity index is 784. The second-order valence-corrected chi connectivity index (χ2v) is 8.38. The lowest BCUT2D eigenvalue weighted by molar-refractivity contribution is 0.132. The second-order valence-electron chi connectivity index (χ2n) is 6.63. The molecule has 0 amide bonds. The number of hydrogen-bond acceptors (Lipinski definition) is 5. The number of nitrogens with one attached hydrogen (secondary N) is 1. The average molecular weight is 412 g/mol. The fraction of sp³-hybridized carbons (Fsp3) is 0.400. The molecule has 3 N–H and O–H groups in total. The number of aliphatic hydroxyl groups is 2. The van der Waals surface area contributed by atoms with Crippen molar-refractivity contribution < 1.29 is 19.3 Å². The van der Waals surface area contributed by atoms with Gasteiger partial charge in [0, 0.05) is 16.5 Å². The summed E-state index contributed by atoms with van der Waals surface area (Å²) in [6.07, 6.45) is 2.38. The maximum atomic E-state index is 13.3. The van der Waals surface area contributed by atoms with Crippen LogP contribution in [0.2, 0.25) is 5.02 Å². The smallest absolute Gasteiger partial charge is 0.150 e. The van der Waals surface area contributed by atoms with Gasteiger partial charge in [-0.15, -0.1) is 11.8 Å².